The van der Waals surface area contributed by atoms with E-state index in [9.17, 15) is 4.79 Å². The van der Waals surface area contributed by atoms with Gasteiger partial charge in [-0.05, 0) is 49.8 Å². The van der Waals surface area contributed by atoms with Gasteiger partial charge < -0.3 is 20.5 Å². The van der Waals surface area contributed by atoms with Gasteiger partial charge in [0.25, 0.3) is 0 Å². The fraction of sp³-hybridized carbons (Fsp3) is 0.320. The molecule has 1 unspecified atom stereocenters. The van der Waals surface area contributed by atoms with Gasteiger partial charge in [0.15, 0.2) is 11.5 Å². The van der Waals surface area contributed by atoms with E-state index in [0.29, 0.717) is 47.1 Å². The van der Waals surface area contributed by atoms with E-state index in [2.05, 4.69) is 34.5 Å². The predicted octanol–water partition coefficient (Wildman–Crippen LogP) is 4.45. The molecule has 3 N–H and O–H groups in total. The van der Waals surface area contributed by atoms with E-state index in [1.165, 1.54) is 17.3 Å². The first-order valence-electron chi connectivity index (χ1n) is 11.2. The summed E-state index contributed by atoms with van der Waals surface area (Å²) in [4.78, 5) is 17.0. The van der Waals surface area contributed by atoms with Crippen molar-refractivity contribution in [3.05, 3.63) is 70.4 Å². The number of nitrogens with zero attached hydrogens (tertiary/aromatic N) is 3. The minimum Gasteiger partial charge on any atom is -0.490 e. The standard InChI is InChI=1S/C25H29N5O3S/c1-5-32-20-13-18(11-12-19(20)33-14-17-9-7-15(3)8-10-17)22-21(23(26)31)16(4)27-24-28-25(34-6-2)29-30(22)24/h7-13,22H,5-6,14H2,1-4H3,(H2,26,31)(H,27,28,29). The van der Waals surface area contributed by atoms with Crippen LogP contribution < -0.4 is 20.5 Å². The molecule has 0 aliphatic carbocycles. The Bertz CT molecular complexity index is 1220. The molecule has 1 amide bonds. The van der Waals surface area contributed by atoms with Crippen LogP contribution in [0.2, 0.25) is 0 Å². The van der Waals surface area contributed by atoms with Crippen LogP contribution in [0.3, 0.4) is 0 Å². The maximum absolute atomic E-state index is 12.5. The summed E-state index contributed by atoms with van der Waals surface area (Å²) in [5.74, 6) is 2.11. The van der Waals surface area contributed by atoms with E-state index in [-0.39, 0.29) is 0 Å². The van der Waals surface area contributed by atoms with Gasteiger partial charge in [-0.15, -0.1) is 5.10 Å². The number of hydrogen-bond donors (Lipinski definition) is 2. The number of nitrogens with two attached hydrogens (primary N) is 1. The summed E-state index contributed by atoms with van der Waals surface area (Å²) < 4.78 is 13.7. The van der Waals surface area contributed by atoms with Crippen molar-refractivity contribution >= 4 is 23.6 Å². The molecular weight excluding hydrogens is 450 g/mol. The van der Waals surface area contributed by atoms with Crippen LogP contribution in [0.25, 0.3) is 0 Å². The lowest BCUT2D eigenvalue weighted by Gasteiger charge is -2.28. The van der Waals surface area contributed by atoms with Crippen LogP contribution in [0.4, 0.5) is 5.95 Å². The first-order valence-corrected chi connectivity index (χ1v) is 12.2. The van der Waals surface area contributed by atoms with Crippen molar-refractivity contribution in [2.75, 3.05) is 17.7 Å². The second kappa shape index (κ2) is 10.2. The fourth-order valence-electron chi connectivity index (χ4n) is 3.88. The SMILES string of the molecule is CCOc1cc(C2C(C(N)=O)=C(C)Nc3nc(SCC)nn32)ccc1OCc1ccc(C)cc1. The third-order valence-corrected chi connectivity index (χ3v) is 6.19. The van der Waals surface area contributed by atoms with Crippen molar-refractivity contribution < 1.29 is 14.3 Å². The number of carbonyl (C=O) groups is 1. The van der Waals surface area contributed by atoms with Crippen LogP contribution in [0.5, 0.6) is 11.5 Å². The zero-order chi connectivity index (χ0) is 24.2. The van der Waals surface area contributed by atoms with Gasteiger partial charge in [0.2, 0.25) is 17.0 Å². The molecular formula is C25H29N5O3S. The number of carbonyl (C=O) groups excluding carboxylic acids is 1. The highest BCUT2D eigenvalue weighted by Gasteiger charge is 2.33. The van der Waals surface area contributed by atoms with Gasteiger partial charge in [-0.3, -0.25) is 4.79 Å². The van der Waals surface area contributed by atoms with Crippen LogP contribution in [0.1, 0.15) is 43.5 Å². The van der Waals surface area contributed by atoms with Gasteiger partial charge in [-0.1, -0.05) is 54.6 Å². The van der Waals surface area contributed by atoms with Gasteiger partial charge in [0.1, 0.15) is 12.6 Å². The van der Waals surface area contributed by atoms with Crippen LogP contribution in [0, 0.1) is 6.92 Å². The number of primary amides is 1. The smallest absolute Gasteiger partial charge is 0.248 e. The van der Waals surface area contributed by atoms with Gasteiger partial charge in [-0.25, -0.2) is 4.68 Å². The Balaban J connectivity index is 1.71. The van der Waals surface area contributed by atoms with Crippen molar-refractivity contribution in [3.8, 4) is 11.5 Å². The number of aromatic nitrogens is 3. The van der Waals surface area contributed by atoms with Gasteiger partial charge in [-0.2, -0.15) is 4.98 Å². The van der Waals surface area contributed by atoms with Crippen LogP contribution in [-0.2, 0) is 11.4 Å². The molecule has 0 spiro atoms. The van der Waals surface area contributed by atoms with Crippen molar-refractivity contribution in [2.45, 2.75) is 45.5 Å². The van der Waals surface area contributed by atoms with E-state index in [1.54, 1.807) is 4.68 Å². The topological polar surface area (TPSA) is 104 Å². The predicted molar refractivity (Wildman–Crippen MR) is 133 cm³/mol. The zero-order valence-electron chi connectivity index (χ0n) is 19.8. The number of amides is 1. The molecule has 0 saturated carbocycles. The number of anilines is 1. The third-order valence-electron chi connectivity index (χ3n) is 5.47. The normalized spacial score (nSPS) is 15.0. The van der Waals surface area contributed by atoms with Crippen molar-refractivity contribution in [1.29, 1.82) is 0 Å². The molecule has 2 heterocycles. The molecule has 9 heteroatoms. The molecule has 178 valence electrons. The molecule has 8 nitrogen and oxygen atoms in total. The Morgan fingerprint density at radius 2 is 1.88 bits per heavy atom. The Labute approximate surface area is 203 Å². The Kier molecular flexibility index (Phi) is 7.12. The fourth-order valence-corrected chi connectivity index (χ4v) is 4.43. The number of allylic oxidation sites excluding steroid dienone is 1. The highest BCUT2D eigenvalue weighted by Crippen LogP contribution is 2.39. The zero-order valence-corrected chi connectivity index (χ0v) is 20.6. The number of rotatable bonds is 9. The first-order chi connectivity index (χ1) is 16.4. The van der Waals surface area contributed by atoms with E-state index >= 15 is 0 Å². The van der Waals surface area contributed by atoms with E-state index < -0.39 is 11.9 Å². The van der Waals surface area contributed by atoms with Crippen molar-refractivity contribution in [1.82, 2.24) is 14.8 Å². The number of nitrogens with one attached hydrogen (secondary N) is 1. The molecule has 4 rings (SSSR count). The number of thioether (sulfide) groups is 1. The lowest BCUT2D eigenvalue weighted by Crippen LogP contribution is -2.31. The summed E-state index contributed by atoms with van der Waals surface area (Å²) in [5.41, 5.74) is 9.96. The van der Waals surface area contributed by atoms with Gasteiger partial charge in [0.05, 0.1) is 12.2 Å². The average Bonchev–Trinajstić information content (AvgIpc) is 3.20. The third kappa shape index (κ3) is 4.89. The molecule has 0 saturated heterocycles. The summed E-state index contributed by atoms with van der Waals surface area (Å²) in [6, 6.07) is 13.3. The summed E-state index contributed by atoms with van der Waals surface area (Å²) in [6.07, 6.45) is 0. The largest absolute Gasteiger partial charge is 0.490 e. The van der Waals surface area contributed by atoms with Crippen molar-refractivity contribution in [2.24, 2.45) is 5.73 Å². The summed E-state index contributed by atoms with van der Waals surface area (Å²) >= 11 is 1.53. The first kappa shape index (κ1) is 23.7. The summed E-state index contributed by atoms with van der Waals surface area (Å²) in [7, 11) is 0. The number of fused-ring (bicyclic) bond motifs is 1. The number of aryl methyl sites for hydroxylation is 1. The molecule has 0 bridgehead atoms. The number of ether oxygens (including phenoxy) is 2. The molecule has 1 aliphatic rings. The second-order valence-corrected chi connectivity index (χ2v) is 9.17. The molecule has 34 heavy (non-hydrogen) atoms. The van der Waals surface area contributed by atoms with E-state index in [1.807, 2.05) is 51.1 Å². The van der Waals surface area contributed by atoms with Crippen molar-refractivity contribution in [3.63, 3.8) is 0 Å². The summed E-state index contributed by atoms with van der Waals surface area (Å²) in [5, 5.41) is 8.44. The molecule has 2 aromatic carbocycles. The minimum atomic E-state index is -0.530. The van der Waals surface area contributed by atoms with E-state index in [0.717, 1.165) is 16.9 Å². The van der Waals surface area contributed by atoms with Gasteiger partial charge in [0, 0.05) is 5.70 Å². The number of hydrogen-bond acceptors (Lipinski definition) is 7. The maximum Gasteiger partial charge on any atom is 0.248 e. The lowest BCUT2D eigenvalue weighted by atomic mass is 9.95. The molecule has 1 aromatic heterocycles. The minimum absolute atomic E-state index is 0.420. The molecule has 0 fully saturated rings. The Morgan fingerprint density at radius 1 is 1.12 bits per heavy atom. The van der Waals surface area contributed by atoms with Crippen LogP contribution in [0.15, 0.2) is 58.9 Å². The highest BCUT2D eigenvalue weighted by atomic mass is 32.2. The number of benzene rings is 2. The second-order valence-electron chi connectivity index (χ2n) is 7.94. The molecule has 1 atom stereocenters. The molecule has 3 aromatic rings. The van der Waals surface area contributed by atoms with E-state index in [4.69, 9.17) is 15.2 Å². The lowest BCUT2D eigenvalue weighted by molar-refractivity contribution is -0.115. The Morgan fingerprint density at radius 3 is 2.56 bits per heavy atom. The van der Waals surface area contributed by atoms with Crippen LogP contribution in [-0.4, -0.2) is 33.0 Å². The monoisotopic (exact) mass is 479 g/mol. The molecule has 0 radical (unpaired) electrons. The quantitative estimate of drug-likeness (QED) is 0.437. The highest BCUT2D eigenvalue weighted by molar-refractivity contribution is 7.99. The molecule has 1 aliphatic heterocycles. The van der Waals surface area contributed by atoms with Crippen LogP contribution >= 0.6 is 11.8 Å². The van der Waals surface area contributed by atoms with Gasteiger partial charge >= 0.3 is 0 Å². The average molecular weight is 480 g/mol. The summed E-state index contributed by atoms with van der Waals surface area (Å²) in [6.45, 7) is 8.73. The maximum atomic E-state index is 12.5. The Hall–Kier alpha value is -3.46.